The highest BCUT2D eigenvalue weighted by molar-refractivity contribution is 7.89. The number of carbonyl (C=O) groups is 1. The van der Waals surface area contributed by atoms with Gasteiger partial charge < -0.3 is 14.2 Å². The summed E-state index contributed by atoms with van der Waals surface area (Å²) in [6.45, 7) is 2.96. The van der Waals surface area contributed by atoms with E-state index in [9.17, 15) is 13.2 Å². The molecule has 2 aromatic rings. The van der Waals surface area contributed by atoms with Gasteiger partial charge in [-0.25, -0.2) is 13.2 Å². The van der Waals surface area contributed by atoms with Gasteiger partial charge in [-0.1, -0.05) is 23.2 Å². The summed E-state index contributed by atoms with van der Waals surface area (Å²) in [5.74, 6) is -0.908. The third kappa shape index (κ3) is 5.11. The maximum atomic E-state index is 12.9. The fraction of sp³-hybridized carbons (Fsp3) is 0.300. The predicted molar refractivity (Wildman–Crippen MR) is 113 cm³/mol. The molecule has 0 atom stereocenters. The zero-order valence-corrected chi connectivity index (χ0v) is 18.8. The number of nitrogens with zero attached hydrogens (tertiary/aromatic N) is 2. The predicted octanol–water partition coefficient (Wildman–Crippen LogP) is 3.50. The van der Waals surface area contributed by atoms with Crippen LogP contribution in [0.3, 0.4) is 0 Å². The summed E-state index contributed by atoms with van der Waals surface area (Å²) in [6, 6.07) is 8.45. The van der Waals surface area contributed by atoms with E-state index in [0.717, 1.165) is 6.07 Å². The van der Waals surface area contributed by atoms with Crippen LogP contribution >= 0.6 is 23.2 Å². The summed E-state index contributed by atoms with van der Waals surface area (Å²) in [5.41, 5.74) is 0.0729. The minimum atomic E-state index is -3.84. The summed E-state index contributed by atoms with van der Waals surface area (Å²) in [5, 5.41) is 9.10. The van der Waals surface area contributed by atoms with E-state index in [1.165, 1.54) is 28.6 Å². The Kier molecular flexibility index (Phi) is 7.41. The number of esters is 1. The van der Waals surface area contributed by atoms with Gasteiger partial charge in [0.1, 0.15) is 0 Å². The molecule has 0 aliphatic carbocycles. The molecule has 164 valence electrons. The van der Waals surface area contributed by atoms with Gasteiger partial charge in [0.2, 0.25) is 10.0 Å². The van der Waals surface area contributed by atoms with Crippen LogP contribution in [-0.4, -0.2) is 51.6 Å². The lowest BCUT2D eigenvalue weighted by molar-refractivity contribution is 0.0724. The molecule has 8 nitrogen and oxygen atoms in total. The van der Waals surface area contributed by atoms with E-state index in [-0.39, 0.29) is 57.3 Å². The van der Waals surface area contributed by atoms with E-state index in [0.29, 0.717) is 13.2 Å². The fourth-order valence-electron chi connectivity index (χ4n) is 2.90. The largest absolute Gasteiger partial charge is 0.490 e. The lowest BCUT2D eigenvalue weighted by Crippen LogP contribution is -2.40. The second kappa shape index (κ2) is 9.85. The normalized spacial score (nSPS) is 14.6. The van der Waals surface area contributed by atoms with Crippen LogP contribution in [-0.2, 0) is 14.8 Å². The number of sulfonamides is 1. The molecule has 0 bridgehead atoms. The Balaban J connectivity index is 1.95. The van der Waals surface area contributed by atoms with Crippen molar-refractivity contribution in [3.05, 3.63) is 51.5 Å². The molecule has 1 aliphatic heterocycles. The van der Waals surface area contributed by atoms with Gasteiger partial charge in [0.25, 0.3) is 0 Å². The van der Waals surface area contributed by atoms with E-state index in [4.69, 9.17) is 42.7 Å². The zero-order valence-electron chi connectivity index (χ0n) is 16.4. The highest BCUT2D eigenvalue weighted by atomic mass is 35.5. The van der Waals surface area contributed by atoms with Crippen molar-refractivity contribution in [3.8, 4) is 17.6 Å². The second-order valence-corrected chi connectivity index (χ2v) is 9.13. The van der Waals surface area contributed by atoms with E-state index in [1.807, 2.05) is 6.07 Å². The quantitative estimate of drug-likeness (QED) is 0.456. The van der Waals surface area contributed by atoms with E-state index < -0.39 is 16.0 Å². The van der Waals surface area contributed by atoms with E-state index in [2.05, 4.69) is 0 Å². The van der Waals surface area contributed by atoms with Crippen molar-refractivity contribution in [2.45, 2.75) is 11.8 Å². The standard InChI is InChI=1S/C20H18Cl2N2O6S/c1-2-29-18-10-13(12-23)9-17(22)19(18)30-20(25)15-11-14(3-4-16(15)21)31(26,27)24-5-7-28-8-6-24/h3-4,9-11H,2,5-8H2,1H3. The topological polar surface area (TPSA) is 106 Å². The first-order chi connectivity index (χ1) is 14.8. The SMILES string of the molecule is CCOc1cc(C#N)cc(Cl)c1OC(=O)c1cc(S(=O)(=O)N2CCOCC2)ccc1Cl. The highest BCUT2D eigenvalue weighted by Crippen LogP contribution is 2.37. The first kappa shape index (κ1) is 23.3. The number of carbonyl (C=O) groups excluding carboxylic acids is 1. The van der Waals surface area contributed by atoms with Crippen LogP contribution in [0.15, 0.2) is 35.2 Å². The van der Waals surface area contributed by atoms with E-state index >= 15 is 0 Å². The number of halogens is 2. The first-order valence-corrected chi connectivity index (χ1v) is 11.4. The molecular formula is C20H18Cl2N2O6S. The van der Waals surface area contributed by atoms with Gasteiger partial charge in [-0.15, -0.1) is 0 Å². The van der Waals surface area contributed by atoms with E-state index in [1.54, 1.807) is 6.92 Å². The number of morpholine rings is 1. The maximum Gasteiger partial charge on any atom is 0.345 e. The molecule has 11 heteroatoms. The van der Waals surface area contributed by atoms with Gasteiger partial charge in [-0.2, -0.15) is 9.57 Å². The molecule has 31 heavy (non-hydrogen) atoms. The molecule has 0 amide bonds. The third-order valence-electron chi connectivity index (χ3n) is 4.40. The summed E-state index contributed by atoms with van der Waals surface area (Å²) < 4.78 is 43.1. The molecule has 1 heterocycles. The van der Waals surface area contributed by atoms with Gasteiger partial charge in [0.05, 0.1) is 52.0 Å². The molecule has 0 radical (unpaired) electrons. The first-order valence-electron chi connectivity index (χ1n) is 9.24. The minimum Gasteiger partial charge on any atom is -0.490 e. The maximum absolute atomic E-state index is 12.9. The summed E-state index contributed by atoms with van der Waals surface area (Å²) in [7, 11) is -3.84. The van der Waals surface area contributed by atoms with Crippen molar-refractivity contribution in [2.24, 2.45) is 0 Å². The summed E-state index contributed by atoms with van der Waals surface area (Å²) >= 11 is 12.3. The Bertz CT molecular complexity index is 1140. The molecule has 3 rings (SSSR count). The Morgan fingerprint density at radius 2 is 1.90 bits per heavy atom. The van der Waals surface area contributed by atoms with Gasteiger partial charge >= 0.3 is 5.97 Å². The van der Waals surface area contributed by atoms with Crippen molar-refractivity contribution in [2.75, 3.05) is 32.9 Å². The van der Waals surface area contributed by atoms with Crippen molar-refractivity contribution in [1.82, 2.24) is 4.31 Å². The molecule has 1 fully saturated rings. The Hall–Kier alpha value is -2.35. The van der Waals surface area contributed by atoms with Gasteiger partial charge in [-0.3, -0.25) is 0 Å². The molecule has 0 N–H and O–H groups in total. The third-order valence-corrected chi connectivity index (χ3v) is 6.90. The zero-order chi connectivity index (χ0) is 22.6. The Morgan fingerprint density at radius 3 is 2.55 bits per heavy atom. The molecule has 2 aromatic carbocycles. The summed E-state index contributed by atoms with van der Waals surface area (Å²) in [4.78, 5) is 12.7. The number of nitriles is 1. The van der Waals surface area contributed by atoms with Crippen molar-refractivity contribution >= 4 is 39.2 Å². The minimum absolute atomic E-state index is 0.00801. The highest BCUT2D eigenvalue weighted by Gasteiger charge is 2.28. The molecule has 0 spiro atoms. The average Bonchev–Trinajstić information content (AvgIpc) is 2.76. The molecule has 0 unspecified atom stereocenters. The van der Waals surface area contributed by atoms with Gasteiger partial charge in [0, 0.05) is 19.2 Å². The number of hydrogen-bond donors (Lipinski definition) is 0. The number of benzene rings is 2. The van der Waals surface area contributed by atoms with Gasteiger partial charge in [-0.05, 0) is 31.2 Å². The molecule has 1 saturated heterocycles. The van der Waals surface area contributed by atoms with Crippen LogP contribution in [0, 0.1) is 11.3 Å². The molecule has 0 aromatic heterocycles. The fourth-order valence-corrected chi connectivity index (χ4v) is 4.78. The smallest absolute Gasteiger partial charge is 0.345 e. The number of ether oxygens (including phenoxy) is 3. The average molecular weight is 485 g/mol. The van der Waals surface area contributed by atoms with Crippen molar-refractivity contribution in [3.63, 3.8) is 0 Å². The van der Waals surface area contributed by atoms with Crippen LogP contribution in [0.1, 0.15) is 22.8 Å². The van der Waals surface area contributed by atoms with Crippen molar-refractivity contribution < 1.29 is 27.4 Å². The lowest BCUT2D eigenvalue weighted by Gasteiger charge is -2.26. The Morgan fingerprint density at radius 1 is 1.19 bits per heavy atom. The molecule has 0 saturated carbocycles. The van der Waals surface area contributed by atoms with Crippen LogP contribution < -0.4 is 9.47 Å². The Labute approximate surface area is 189 Å². The summed E-state index contributed by atoms with van der Waals surface area (Å²) in [6.07, 6.45) is 0. The van der Waals surface area contributed by atoms with Crippen LogP contribution in [0.25, 0.3) is 0 Å². The van der Waals surface area contributed by atoms with Crippen LogP contribution in [0.4, 0.5) is 0 Å². The number of rotatable bonds is 6. The van der Waals surface area contributed by atoms with Crippen LogP contribution in [0.5, 0.6) is 11.5 Å². The number of hydrogen-bond acceptors (Lipinski definition) is 7. The molecular weight excluding hydrogens is 467 g/mol. The van der Waals surface area contributed by atoms with Gasteiger partial charge in [0.15, 0.2) is 11.5 Å². The van der Waals surface area contributed by atoms with Crippen LogP contribution in [0.2, 0.25) is 10.0 Å². The molecule has 1 aliphatic rings. The lowest BCUT2D eigenvalue weighted by atomic mass is 10.2. The second-order valence-electron chi connectivity index (χ2n) is 6.38. The monoisotopic (exact) mass is 484 g/mol. The van der Waals surface area contributed by atoms with Crippen molar-refractivity contribution in [1.29, 1.82) is 5.26 Å².